The SMILES string of the molecule is CC(C)(O)/C=C/c1ccc2nc(Nc3c(Cl)cc(-c4ccn[nH]4)cc3Cl)c3cc[nH]c(=O)c3c2c1. The van der Waals surface area contributed by atoms with Crippen molar-refractivity contribution in [2.45, 2.75) is 19.4 Å². The fourth-order valence-electron chi connectivity index (χ4n) is 3.86. The standard InChI is InChI=1S/C26H21Cl2N5O2/c1-26(2,35)8-5-14-3-4-21-17(11-14)22-16(6-9-29-25(22)34)24(31-21)32-23-18(27)12-15(13-19(23)28)20-7-10-30-33-20/h3-13,35H,1-2H3,(H,29,34)(H,30,33)(H,31,32)/b8-5+. The average molecular weight is 506 g/mol. The van der Waals surface area contributed by atoms with Crippen LogP contribution in [0.5, 0.6) is 0 Å². The van der Waals surface area contributed by atoms with Crippen molar-refractivity contribution in [3.05, 3.63) is 86.9 Å². The van der Waals surface area contributed by atoms with Crippen LogP contribution in [0.3, 0.4) is 0 Å². The summed E-state index contributed by atoms with van der Waals surface area (Å²) in [5.74, 6) is 0.455. The van der Waals surface area contributed by atoms with Crippen molar-refractivity contribution < 1.29 is 5.11 Å². The maximum absolute atomic E-state index is 12.9. The van der Waals surface area contributed by atoms with E-state index in [4.69, 9.17) is 28.2 Å². The molecule has 35 heavy (non-hydrogen) atoms. The Balaban J connectivity index is 1.64. The lowest BCUT2D eigenvalue weighted by Crippen LogP contribution is -2.13. The van der Waals surface area contributed by atoms with Gasteiger partial charge in [0.05, 0.1) is 37.9 Å². The van der Waals surface area contributed by atoms with E-state index >= 15 is 0 Å². The fraction of sp³-hybridized carbons (Fsp3) is 0.115. The highest BCUT2D eigenvalue weighted by Gasteiger charge is 2.16. The van der Waals surface area contributed by atoms with E-state index in [1.165, 1.54) is 0 Å². The Morgan fingerprint density at radius 2 is 1.83 bits per heavy atom. The number of fused-ring (bicyclic) bond motifs is 3. The molecule has 0 amide bonds. The summed E-state index contributed by atoms with van der Waals surface area (Å²) >= 11 is 13.2. The Morgan fingerprint density at radius 1 is 1.06 bits per heavy atom. The van der Waals surface area contributed by atoms with Gasteiger partial charge in [0, 0.05) is 28.7 Å². The quantitative estimate of drug-likeness (QED) is 0.209. The number of benzene rings is 2. The molecule has 0 aliphatic rings. The molecule has 0 radical (unpaired) electrons. The normalized spacial score (nSPS) is 12.1. The molecule has 2 aromatic carbocycles. The minimum atomic E-state index is -0.952. The van der Waals surface area contributed by atoms with Crippen LogP contribution in [0.25, 0.3) is 39.0 Å². The Morgan fingerprint density at radius 3 is 2.51 bits per heavy atom. The maximum atomic E-state index is 12.9. The average Bonchev–Trinajstić information content (AvgIpc) is 3.34. The lowest BCUT2D eigenvalue weighted by atomic mass is 10.0. The molecule has 0 aliphatic carbocycles. The lowest BCUT2D eigenvalue weighted by molar-refractivity contribution is 0.134. The predicted molar refractivity (Wildman–Crippen MR) is 143 cm³/mol. The van der Waals surface area contributed by atoms with Crippen LogP contribution < -0.4 is 10.9 Å². The molecule has 0 unspecified atom stereocenters. The number of nitrogens with one attached hydrogen (secondary N) is 3. The second-order valence-electron chi connectivity index (χ2n) is 8.73. The zero-order valence-electron chi connectivity index (χ0n) is 18.9. The monoisotopic (exact) mass is 505 g/mol. The van der Waals surface area contributed by atoms with Crippen molar-refractivity contribution in [3.8, 4) is 11.3 Å². The molecular weight excluding hydrogens is 485 g/mol. The number of aliphatic hydroxyl groups is 1. The molecule has 0 atom stereocenters. The molecule has 0 saturated heterocycles. The molecule has 0 saturated carbocycles. The third-order valence-electron chi connectivity index (χ3n) is 5.52. The Hall–Kier alpha value is -3.65. The molecule has 9 heteroatoms. The van der Waals surface area contributed by atoms with Gasteiger partial charge in [-0.3, -0.25) is 9.89 Å². The molecule has 5 rings (SSSR count). The van der Waals surface area contributed by atoms with E-state index in [2.05, 4.69) is 20.5 Å². The van der Waals surface area contributed by atoms with Crippen LogP contribution in [0, 0.1) is 0 Å². The number of aromatic amines is 2. The molecule has 0 aliphatic heterocycles. The molecule has 0 fully saturated rings. The highest BCUT2D eigenvalue weighted by atomic mass is 35.5. The second-order valence-corrected chi connectivity index (χ2v) is 9.54. The van der Waals surface area contributed by atoms with E-state index < -0.39 is 5.60 Å². The molecular formula is C26H21Cl2N5O2. The summed E-state index contributed by atoms with van der Waals surface area (Å²) in [4.78, 5) is 20.4. The van der Waals surface area contributed by atoms with Crippen molar-refractivity contribution in [1.29, 1.82) is 0 Å². The first-order valence-corrected chi connectivity index (χ1v) is 11.6. The number of H-pyrrole nitrogens is 2. The Kier molecular flexibility index (Phi) is 5.84. The number of anilines is 2. The van der Waals surface area contributed by atoms with Gasteiger partial charge in [-0.25, -0.2) is 4.98 Å². The number of hydrogen-bond donors (Lipinski definition) is 4. The van der Waals surface area contributed by atoms with Crippen molar-refractivity contribution >= 4 is 62.5 Å². The summed E-state index contributed by atoms with van der Waals surface area (Å²) in [7, 11) is 0. The van der Waals surface area contributed by atoms with E-state index in [1.807, 2.05) is 30.3 Å². The van der Waals surface area contributed by atoms with Gasteiger partial charge in [-0.05, 0) is 55.8 Å². The first kappa shape index (κ1) is 23.1. The van der Waals surface area contributed by atoms with E-state index in [1.54, 1.807) is 50.5 Å². The fourth-order valence-corrected chi connectivity index (χ4v) is 4.44. The predicted octanol–water partition coefficient (Wildman–Crippen LogP) is 6.30. The summed E-state index contributed by atoms with van der Waals surface area (Å²) in [6.45, 7) is 3.39. The van der Waals surface area contributed by atoms with E-state index in [-0.39, 0.29) is 5.56 Å². The molecule has 7 nitrogen and oxygen atoms in total. The van der Waals surface area contributed by atoms with Gasteiger partial charge in [-0.2, -0.15) is 5.10 Å². The minimum Gasteiger partial charge on any atom is -0.386 e. The molecule has 4 N–H and O–H groups in total. The maximum Gasteiger partial charge on any atom is 0.256 e. The number of aromatic nitrogens is 4. The van der Waals surface area contributed by atoms with Gasteiger partial charge in [0.2, 0.25) is 0 Å². The van der Waals surface area contributed by atoms with Crippen molar-refractivity contribution in [2.75, 3.05) is 5.32 Å². The van der Waals surface area contributed by atoms with Crippen LogP contribution >= 0.6 is 23.2 Å². The van der Waals surface area contributed by atoms with Gasteiger partial charge in [-0.1, -0.05) is 41.4 Å². The van der Waals surface area contributed by atoms with Gasteiger partial charge >= 0.3 is 0 Å². The molecule has 0 spiro atoms. The lowest BCUT2D eigenvalue weighted by Gasteiger charge is -2.15. The second kappa shape index (κ2) is 8.85. The van der Waals surface area contributed by atoms with Crippen LogP contribution in [0.4, 0.5) is 11.5 Å². The molecule has 0 bridgehead atoms. The van der Waals surface area contributed by atoms with Crippen LogP contribution in [0.1, 0.15) is 19.4 Å². The summed E-state index contributed by atoms with van der Waals surface area (Å²) in [5.41, 5.74) is 2.33. The van der Waals surface area contributed by atoms with Crippen LogP contribution in [0.15, 0.2) is 65.7 Å². The van der Waals surface area contributed by atoms with E-state index in [0.29, 0.717) is 43.2 Å². The third kappa shape index (κ3) is 4.66. The van der Waals surface area contributed by atoms with Crippen LogP contribution in [0.2, 0.25) is 10.0 Å². The number of halogens is 2. The number of pyridine rings is 2. The number of rotatable bonds is 5. The van der Waals surface area contributed by atoms with Crippen LogP contribution in [-0.4, -0.2) is 30.9 Å². The summed E-state index contributed by atoms with van der Waals surface area (Å²) in [6, 6.07) is 12.8. The Labute approximate surface area is 210 Å². The first-order chi connectivity index (χ1) is 16.7. The molecule has 3 aromatic heterocycles. The molecule has 5 aromatic rings. The highest BCUT2D eigenvalue weighted by Crippen LogP contribution is 2.38. The Bertz CT molecular complexity index is 1630. The third-order valence-corrected chi connectivity index (χ3v) is 6.12. The van der Waals surface area contributed by atoms with Gasteiger partial charge in [0.25, 0.3) is 5.56 Å². The van der Waals surface area contributed by atoms with Crippen LogP contribution in [-0.2, 0) is 0 Å². The van der Waals surface area contributed by atoms with Gasteiger partial charge in [-0.15, -0.1) is 0 Å². The highest BCUT2D eigenvalue weighted by molar-refractivity contribution is 6.39. The minimum absolute atomic E-state index is 0.242. The number of nitrogens with zero attached hydrogens (tertiary/aromatic N) is 2. The largest absolute Gasteiger partial charge is 0.386 e. The van der Waals surface area contributed by atoms with Gasteiger partial charge in [0.15, 0.2) is 0 Å². The van der Waals surface area contributed by atoms with E-state index in [0.717, 1.165) is 16.8 Å². The van der Waals surface area contributed by atoms with E-state index in [9.17, 15) is 9.90 Å². The molecule has 176 valence electrons. The topological polar surface area (TPSA) is 107 Å². The summed E-state index contributed by atoms with van der Waals surface area (Å²) in [6.07, 6.45) is 6.74. The summed E-state index contributed by atoms with van der Waals surface area (Å²) in [5, 5.41) is 22.7. The number of hydrogen-bond acceptors (Lipinski definition) is 5. The van der Waals surface area contributed by atoms with Gasteiger partial charge < -0.3 is 15.4 Å². The van der Waals surface area contributed by atoms with Crippen molar-refractivity contribution in [2.24, 2.45) is 0 Å². The van der Waals surface area contributed by atoms with Crippen molar-refractivity contribution in [3.63, 3.8) is 0 Å². The van der Waals surface area contributed by atoms with Gasteiger partial charge in [0.1, 0.15) is 5.82 Å². The zero-order valence-corrected chi connectivity index (χ0v) is 20.4. The summed E-state index contributed by atoms with van der Waals surface area (Å²) < 4.78 is 0. The van der Waals surface area contributed by atoms with Crippen molar-refractivity contribution in [1.82, 2.24) is 20.2 Å². The smallest absolute Gasteiger partial charge is 0.256 e. The first-order valence-electron chi connectivity index (χ1n) is 10.8. The zero-order chi connectivity index (χ0) is 24.7. The molecule has 3 heterocycles.